The van der Waals surface area contributed by atoms with Gasteiger partial charge in [-0.15, -0.1) is 12.4 Å². The number of aryl methyl sites for hydroxylation is 2. The minimum Gasteiger partial charge on any atom is -0.493 e. The lowest BCUT2D eigenvalue weighted by molar-refractivity contribution is 0.354. The monoisotopic (exact) mass is 326 g/mol. The lowest BCUT2D eigenvalue weighted by atomic mass is 10.1. The van der Waals surface area contributed by atoms with Crippen LogP contribution in [-0.2, 0) is 13.0 Å². The van der Waals surface area contributed by atoms with Gasteiger partial charge in [-0.05, 0) is 44.5 Å². The first-order valence-electron chi connectivity index (χ1n) is 6.99. The topological polar surface area (TPSA) is 56.5 Å². The highest BCUT2D eigenvalue weighted by Crippen LogP contribution is 2.27. The van der Waals surface area contributed by atoms with Crippen molar-refractivity contribution in [2.75, 3.05) is 20.8 Å². The number of benzene rings is 1. The molecule has 0 amide bonds. The van der Waals surface area contributed by atoms with E-state index in [1.54, 1.807) is 14.2 Å². The zero-order chi connectivity index (χ0) is 15.2. The maximum atomic E-state index is 5.31. The second-order valence-corrected chi connectivity index (χ2v) is 4.92. The van der Waals surface area contributed by atoms with Crippen LogP contribution in [0.15, 0.2) is 22.7 Å². The van der Waals surface area contributed by atoms with Crippen LogP contribution < -0.4 is 14.8 Å². The molecule has 0 aliphatic heterocycles. The van der Waals surface area contributed by atoms with Gasteiger partial charge in [-0.1, -0.05) is 11.2 Å². The molecule has 2 aromatic rings. The van der Waals surface area contributed by atoms with Crippen LogP contribution in [0.25, 0.3) is 0 Å². The molecular formula is C16H23ClN2O3. The van der Waals surface area contributed by atoms with Gasteiger partial charge in [-0.25, -0.2) is 0 Å². The summed E-state index contributed by atoms with van der Waals surface area (Å²) in [5, 5.41) is 7.36. The molecule has 1 heterocycles. The third-order valence-corrected chi connectivity index (χ3v) is 3.52. The predicted molar refractivity (Wildman–Crippen MR) is 88.2 cm³/mol. The van der Waals surface area contributed by atoms with E-state index in [1.165, 1.54) is 5.56 Å². The van der Waals surface area contributed by atoms with Crippen LogP contribution in [0.5, 0.6) is 11.5 Å². The van der Waals surface area contributed by atoms with Crippen LogP contribution in [0.2, 0.25) is 0 Å². The highest BCUT2D eigenvalue weighted by atomic mass is 35.5. The van der Waals surface area contributed by atoms with Gasteiger partial charge in [-0.3, -0.25) is 0 Å². The SMILES string of the molecule is COc1ccc(CCNCc2c(C)noc2C)cc1OC.Cl. The van der Waals surface area contributed by atoms with Gasteiger partial charge in [0.25, 0.3) is 0 Å². The Morgan fingerprint density at radius 3 is 2.45 bits per heavy atom. The van der Waals surface area contributed by atoms with Crippen molar-refractivity contribution < 1.29 is 14.0 Å². The van der Waals surface area contributed by atoms with E-state index in [2.05, 4.69) is 16.5 Å². The van der Waals surface area contributed by atoms with Crippen molar-refractivity contribution in [3.63, 3.8) is 0 Å². The van der Waals surface area contributed by atoms with Crippen LogP contribution in [0.4, 0.5) is 0 Å². The fourth-order valence-corrected chi connectivity index (χ4v) is 2.24. The van der Waals surface area contributed by atoms with Gasteiger partial charge in [0.2, 0.25) is 0 Å². The lowest BCUT2D eigenvalue weighted by Crippen LogP contribution is -2.17. The Morgan fingerprint density at radius 1 is 1.14 bits per heavy atom. The first-order valence-corrected chi connectivity index (χ1v) is 6.99. The third kappa shape index (κ3) is 4.39. The molecule has 0 aliphatic carbocycles. The molecule has 1 aromatic carbocycles. The molecule has 0 saturated carbocycles. The number of hydrogen-bond donors (Lipinski definition) is 1. The van der Waals surface area contributed by atoms with Gasteiger partial charge in [0.15, 0.2) is 11.5 Å². The first-order chi connectivity index (χ1) is 10.2. The molecule has 2 rings (SSSR count). The summed E-state index contributed by atoms with van der Waals surface area (Å²) in [5.74, 6) is 2.40. The van der Waals surface area contributed by atoms with Gasteiger partial charge in [0.05, 0.1) is 19.9 Å². The van der Waals surface area contributed by atoms with Crippen molar-refractivity contribution in [3.8, 4) is 11.5 Å². The fourth-order valence-electron chi connectivity index (χ4n) is 2.24. The second kappa shape index (κ2) is 8.66. The third-order valence-electron chi connectivity index (χ3n) is 3.52. The summed E-state index contributed by atoms with van der Waals surface area (Å²) in [6.07, 6.45) is 0.920. The predicted octanol–water partition coefficient (Wildman–Crippen LogP) is 3.06. The zero-order valence-electron chi connectivity index (χ0n) is 13.4. The average Bonchev–Trinajstić information content (AvgIpc) is 2.82. The molecule has 0 fully saturated rings. The Bertz CT molecular complexity index is 580. The Kier molecular flexibility index (Phi) is 7.21. The molecule has 0 spiro atoms. The summed E-state index contributed by atoms with van der Waals surface area (Å²) in [4.78, 5) is 0. The molecule has 22 heavy (non-hydrogen) atoms. The smallest absolute Gasteiger partial charge is 0.160 e. The first kappa shape index (κ1) is 18.3. The number of halogens is 1. The number of ether oxygens (including phenoxy) is 2. The Morgan fingerprint density at radius 2 is 1.86 bits per heavy atom. The fraction of sp³-hybridized carbons (Fsp3) is 0.438. The molecule has 5 nitrogen and oxygen atoms in total. The molecule has 1 N–H and O–H groups in total. The zero-order valence-corrected chi connectivity index (χ0v) is 14.3. The van der Waals surface area contributed by atoms with E-state index < -0.39 is 0 Å². The minimum atomic E-state index is 0. The van der Waals surface area contributed by atoms with E-state index in [0.29, 0.717) is 0 Å². The van der Waals surface area contributed by atoms with Crippen molar-refractivity contribution in [2.45, 2.75) is 26.8 Å². The number of nitrogens with one attached hydrogen (secondary N) is 1. The summed E-state index contributed by atoms with van der Waals surface area (Å²) >= 11 is 0. The summed E-state index contributed by atoms with van der Waals surface area (Å²) in [5.41, 5.74) is 3.30. The number of methoxy groups -OCH3 is 2. The highest BCUT2D eigenvalue weighted by molar-refractivity contribution is 5.85. The van der Waals surface area contributed by atoms with Gasteiger partial charge >= 0.3 is 0 Å². The summed E-state index contributed by atoms with van der Waals surface area (Å²) in [7, 11) is 3.29. The second-order valence-electron chi connectivity index (χ2n) is 4.92. The van der Waals surface area contributed by atoms with Crippen LogP contribution in [0.1, 0.15) is 22.6 Å². The van der Waals surface area contributed by atoms with Gasteiger partial charge in [-0.2, -0.15) is 0 Å². The number of rotatable bonds is 7. The normalized spacial score (nSPS) is 10.2. The van der Waals surface area contributed by atoms with Crippen LogP contribution in [0.3, 0.4) is 0 Å². The van der Waals surface area contributed by atoms with Crippen molar-refractivity contribution in [1.82, 2.24) is 10.5 Å². The Balaban J connectivity index is 0.00000242. The Hall–Kier alpha value is -1.72. The standard InChI is InChI=1S/C16H22N2O3.ClH/c1-11-14(12(2)21-18-11)10-17-8-7-13-5-6-15(19-3)16(9-13)20-4;/h5-6,9,17H,7-8,10H2,1-4H3;1H. The quantitative estimate of drug-likeness (QED) is 0.792. The van der Waals surface area contributed by atoms with Gasteiger partial charge in [0.1, 0.15) is 5.76 Å². The Labute approximate surface area is 137 Å². The molecule has 0 saturated heterocycles. The molecular weight excluding hydrogens is 304 g/mol. The molecule has 0 radical (unpaired) electrons. The average molecular weight is 327 g/mol. The van der Waals surface area contributed by atoms with Crippen molar-refractivity contribution in [1.29, 1.82) is 0 Å². The molecule has 6 heteroatoms. The summed E-state index contributed by atoms with van der Waals surface area (Å²) in [6.45, 7) is 5.54. The van der Waals surface area contributed by atoms with Crippen molar-refractivity contribution >= 4 is 12.4 Å². The van der Waals surface area contributed by atoms with Crippen molar-refractivity contribution in [3.05, 3.63) is 40.8 Å². The number of aromatic nitrogens is 1. The molecule has 0 unspecified atom stereocenters. The van der Waals surface area contributed by atoms with Crippen LogP contribution in [0, 0.1) is 13.8 Å². The van der Waals surface area contributed by atoms with Crippen LogP contribution >= 0.6 is 12.4 Å². The van der Waals surface area contributed by atoms with E-state index >= 15 is 0 Å². The number of hydrogen-bond acceptors (Lipinski definition) is 5. The molecule has 0 atom stereocenters. The van der Waals surface area contributed by atoms with E-state index in [-0.39, 0.29) is 12.4 Å². The summed E-state index contributed by atoms with van der Waals surface area (Å²) < 4.78 is 15.7. The van der Waals surface area contributed by atoms with Gasteiger partial charge in [0, 0.05) is 12.1 Å². The van der Waals surface area contributed by atoms with E-state index in [1.807, 2.05) is 26.0 Å². The van der Waals surface area contributed by atoms with Crippen molar-refractivity contribution in [2.24, 2.45) is 0 Å². The van der Waals surface area contributed by atoms with Crippen LogP contribution in [-0.4, -0.2) is 25.9 Å². The maximum absolute atomic E-state index is 5.31. The minimum absolute atomic E-state index is 0. The van der Waals surface area contributed by atoms with E-state index in [4.69, 9.17) is 14.0 Å². The van der Waals surface area contributed by atoms with Gasteiger partial charge < -0.3 is 19.3 Å². The number of nitrogens with zero attached hydrogens (tertiary/aromatic N) is 1. The molecule has 0 aliphatic rings. The highest BCUT2D eigenvalue weighted by Gasteiger charge is 2.08. The maximum Gasteiger partial charge on any atom is 0.160 e. The molecule has 122 valence electrons. The molecule has 1 aromatic heterocycles. The van der Waals surface area contributed by atoms with E-state index in [0.717, 1.165) is 48.0 Å². The molecule has 0 bridgehead atoms. The lowest BCUT2D eigenvalue weighted by Gasteiger charge is -2.10. The van der Waals surface area contributed by atoms with E-state index in [9.17, 15) is 0 Å². The largest absolute Gasteiger partial charge is 0.493 e. The summed E-state index contributed by atoms with van der Waals surface area (Å²) in [6, 6.07) is 6.00.